The zero-order chi connectivity index (χ0) is 9.10. The van der Waals surface area contributed by atoms with Crippen molar-refractivity contribution in [3.63, 3.8) is 0 Å². The van der Waals surface area contributed by atoms with Gasteiger partial charge in [-0.1, -0.05) is 12.8 Å². The highest BCUT2D eigenvalue weighted by molar-refractivity contribution is 7.97. The van der Waals surface area contributed by atoms with Gasteiger partial charge in [0, 0.05) is 5.92 Å². The first-order chi connectivity index (χ1) is 6.36. The van der Waals surface area contributed by atoms with Gasteiger partial charge in [-0.25, -0.2) is 0 Å². The molecule has 74 valence electrons. The minimum atomic E-state index is 0.466. The maximum atomic E-state index is 11.8. The van der Waals surface area contributed by atoms with Gasteiger partial charge in [-0.3, -0.25) is 4.79 Å². The van der Waals surface area contributed by atoms with E-state index in [9.17, 15) is 4.79 Å². The third-order valence-corrected chi connectivity index (χ3v) is 5.70. The summed E-state index contributed by atoms with van der Waals surface area (Å²) in [5.74, 6) is 4.69. The Bertz CT molecular complexity index is 179. The molecule has 0 amide bonds. The lowest BCUT2D eigenvalue weighted by molar-refractivity contribution is -0.120. The van der Waals surface area contributed by atoms with E-state index in [-0.39, 0.29) is 0 Å². The van der Waals surface area contributed by atoms with E-state index in [4.69, 9.17) is 0 Å². The summed E-state index contributed by atoms with van der Waals surface area (Å²) in [4.78, 5) is 11.8. The molecule has 13 heavy (non-hydrogen) atoms. The van der Waals surface area contributed by atoms with Gasteiger partial charge < -0.3 is 0 Å². The van der Waals surface area contributed by atoms with Crippen molar-refractivity contribution in [2.75, 3.05) is 17.3 Å². The molecule has 0 aromatic rings. The van der Waals surface area contributed by atoms with E-state index in [0.29, 0.717) is 22.6 Å². The van der Waals surface area contributed by atoms with Crippen molar-refractivity contribution in [1.29, 1.82) is 0 Å². The predicted molar refractivity (Wildman–Crippen MR) is 58.2 cm³/mol. The lowest BCUT2D eigenvalue weighted by Gasteiger charge is -2.06. The Hall–Kier alpha value is 0.0200. The van der Waals surface area contributed by atoms with Crippen LogP contribution < -0.4 is 0 Å². The van der Waals surface area contributed by atoms with E-state index in [0.717, 1.165) is 5.75 Å². The predicted octanol–water partition coefficient (Wildman–Crippen LogP) is 2.16. The fraction of sp³-hybridized carbons (Fsp3) is 0.909. The summed E-state index contributed by atoms with van der Waals surface area (Å²) in [7, 11) is 0.497. The largest absolute Gasteiger partial charge is 0.294 e. The van der Waals surface area contributed by atoms with Crippen molar-refractivity contribution in [2.45, 2.75) is 38.5 Å². The first-order valence-electron chi connectivity index (χ1n) is 5.53. The van der Waals surface area contributed by atoms with Gasteiger partial charge in [-0.05, 0) is 36.6 Å². The molecule has 0 N–H and O–H groups in total. The number of hydrogen-bond donors (Lipinski definition) is 0. The quantitative estimate of drug-likeness (QED) is 0.637. The van der Waals surface area contributed by atoms with Crippen LogP contribution in [-0.4, -0.2) is 23.0 Å². The van der Waals surface area contributed by atoms with Crippen LogP contribution in [0.4, 0.5) is 0 Å². The Morgan fingerprint density at radius 1 is 1.08 bits per heavy atom. The number of carbonyl (C=O) groups excluding carboxylic acids is 1. The van der Waals surface area contributed by atoms with Crippen LogP contribution in [0.15, 0.2) is 0 Å². The summed E-state index contributed by atoms with van der Waals surface area (Å²) >= 11 is 0. The number of carbonyl (C=O) groups is 1. The smallest absolute Gasteiger partial charge is 0.184 e. The van der Waals surface area contributed by atoms with Crippen LogP contribution in [0, 0.1) is 5.92 Å². The second-order valence-electron chi connectivity index (χ2n) is 4.32. The lowest BCUT2D eigenvalue weighted by Crippen LogP contribution is -2.23. The molecular weight excluding hydrogens is 180 g/mol. The summed E-state index contributed by atoms with van der Waals surface area (Å²) in [6.07, 6.45) is 7.72. The van der Waals surface area contributed by atoms with Crippen LogP contribution in [0.5, 0.6) is 0 Å². The zero-order valence-electron chi connectivity index (χ0n) is 8.26. The van der Waals surface area contributed by atoms with E-state index in [2.05, 4.69) is 0 Å². The fourth-order valence-electron chi connectivity index (χ4n) is 2.43. The Morgan fingerprint density at radius 2 is 1.69 bits per heavy atom. The normalized spacial score (nSPS) is 25.5. The highest BCUT2D eigenvalue weighted by Gasteiger charge is 2.31. The van der Waals surface area contributed by atoms with Crippen molar-refractivity contribution < 1.29 is 4.79 Å². The highest BCUT2D eigenvalue weighted by atomic mass is 32.2. The third-order valence-electron chi connectivity index (χ3n) is 3.27. The molecule has 0 spiro atoms. The minimum Gasteiger partial charge on any atom is -0.294 e. The average Bonchev–Trinajstić information content (AvgIpc) is 2.74. The Kier molecular flexibility index (Phi) is 3.31. The van der Waals surface area contributed by atoms with Gasteiger partial charge in [0.15, 0.2) is 11.5 Å². The Labute approximate surface area is 83.6 Å². The third kappa shape index (κ3) is 2.49. The standard InChI is InChI=1S/C11H19OS/c12-11(10-5-1-2-6-10)9-13-7-3-4-8-13/h10H,1-9H2/q+1. The molecule has 2 fully saturated rings. The number of hydrogen-bond acceptors (Lipinski definition) is 1. The highest BCUT2D eigenvalue weighted by Crippen LogP contribution is 2.26. The molecule has 2 aliphatic rings. The van der Waals surface area contributed by atoms with Gasteiger partial charge in [-0.2, -0.15) is 0 Å². The van der Waals surface area contributed by atoms with Crippen molar-refractivity contribution >= 4 is 16.7 Å². The minimum absolute atomic E-state index is 0.466. The first kappa shape index (κ1) is 9.57. The fourth-order valence-corrected chi connectivity index (χ4v) is 4.78. The maximum absolute atomic E-state index is 11.8. The van der Waals surface area contributed by atoms with Crippen LogP contribution in [0.25, 0.3) is 0 Å². The Balaban J connectivity index is 1.76. The second-order valence-corrected chi connectivity index (χ2v) is 6.65. The summed E-state index contributed by atoms with van der Waals surface area (Å²) in [6, 6.07) is 0. The number of Topliss-reactive ketones (excluding diaryl/α,β-unsaturated/α-hetero) is 1. The maximum Gasteiger partial charge on any atom is 0.184 e. The molecule has 1 aliphatic carbocycles. The molecule has 1 heterocycles. The van der Waals surface area contributed by atoms with Gasteiger partial charge in [-0.15, -0.1) is 0 Å². The summed E-state index contributed by atoms with van der Waals surface area (Å²) in [5, 5.41) is 0. The van der Waals surface area contributed by atoms with E-state index in [1.807, 2.05) is 0 Å². The van der Waals surface area contributed by atoms with Gasteiger partial charge in [0.05, 0.1) is 0 Å². The molecule has 0 unspecified atom stereocenters. The lowest BCUT2D eigenvalue weighted by atomic mass is 10.0. The molecule has 2 rings (SSSR count). The van der Waals surface area contributed by atoms with Crippen LogP contribution in [0.1, 0.15) is 38.5 Å². The van der Waals surface area contributed by atoms with Crippen molar-refractivity contribution in [1.82, 2.24) is 0 Å². The second kappa shape index (κ2) is 4.50. The summed E-state index contributed by atoms with van der Waals surface area (Å²) in [6.45, 7) is 0. The molecule has 1 aliphatic heterocycles. The number of rotatable bonds is 3. The van der Waals surface area contributed by atoms with E-state index in [1.54, 1.807) is 0 Å². The zero-order valence-corrected chi connectivity index (χ0v) is 9.07. The topological polar surface area (TPSA) is 17.1 Å². The summed E-state index contributed by atoms with van der Waals surface area (Å²) < 4.78 is 0. The van der Waals surface area contributed by atoms with Crippen LogP contribution in [-0.2, 0) is 15.7 Å². The van der Waals surface area contributed by atoms with Crippen molar-refractivity contribution in [3.8, 4) is 0 Å². The molecule has 0 aromatic heterocycles. The molecular formula is C11H19OS+. The summed E-state index contributed by atoms with van der Waals surface area (Å²) in [5.41, 5.74) is 0. The molecule has 1 nitrogen and oxygen atoms in total. The molecule has 1 saturated carbocycles. The monoisotopic (exact) mass is 199 g/mol. The van der Waals surface area contributed by atoms with Crippen LogP contribution in [0.3, 0.4) is 0 Å². The van der Waals surface area contributed by atoms with Crippen LogP contribution >= 0.6 is 0 Å². The van der Waals surface area contributed by atoms with Gasteiger partial charge in [0.2, 0.25) is 0 Å². The van der Waals surface area contributed by atoms with Crippen molar-refractivity contribution in [3.05, 3.63) is 0 Å². The Morgan fingerprint density at radius 3 is 2.31 bits per heavy atom. The SMILES string of the molecule is O=C(C[S+]1CCCC1)C1CCCC1. The molecule has 0 aromatic carbocycles. The number of ketones is 1. The first-order valence-corrected chi connectivity index (χ1v) is 7.26. The van der Waals surface area contributed by atoms with E-state index in [1.165, 1.54) is 50.0 Å². The molecule has 0 radical (unpaired) electrons. The van der Waals surface area contributed by atoms with Gasteiger partial charge in [0.25, 0.3) is 0 Å². The van der Waals surface area contributed by atoms with Gasteiger partial charge >= 0.3 is 0 Å². The van der Waals surface area contributed by atoms with E-state index < -0.39 is 0 Å². The van der Waals surface area contributed by atoms with Gasteiger partial charge in [0.1, 0.15) is 11.5 Å². The average molecular weight is 199 g/mol. The van der Waals surface area contributed by atoms with E-state index >= 15 is 0 Å². The van der Waals surface area contributed by atoms with Crippen LogP contribution in [0.2, 0.25) is 0 Å². The molecule has 2 heteroatoms. The van der Waals surface area contributed by atoms with Crippen molar-refractivity contribution in [2.24, 2.45) is 5.92 Å². The molecule has 0 atom stereocenters. The molecule has 0 bridgehead atoms. The molecule has 1 saturated heterocycles.